The number of amides is 1. The smallest absolute Gasteiger partial charge is 0.331 e. The molecule has 1 aliphatic rings. The van der Waals surface area contributed by atoms with Crippen molar-refractivity contribution in [1.82, 2.24) is 5.32 Å². The standard InChI is InChI=1S/C14H21NO6/c1-20-12(17)7-8-13(18)21-9-11(16)14(19)15-10-5-3-2-4-6-10/h7-8,10-11,16H,2-6,9H2,1H3,(H,15,19)/b8-7+. The van der Waals surface area contributed by atoms with Crippen LogP contribution in [0.1, 0.15) is 32.1 Å². The first-order valence-corrected chi connectivity index (χ1v) is 6.94. The first kappa shape index (κ1) is 17.2. The zero-order valence-corrected chi connectivity index (χ0v) is 12.0. The molecule has 21 heavy (non-hydrogen) atoms. The van der Waals surface area contributed by atoms with Crippen molar-refractivity contribution in [3.05, 3.63) is 12.2 Å². The Morgan fingerprint density at radius 1 is 1.19 bits per heavy atom. The van der Waals surface area contributed by atoms with Crippen molar-refractivity contribution in [3.63, 3.8) is 0 Å². The van der Waals surface area contributed by atoms with Crippen LogP contribution in [0.5, 0.6) is 0 Å². The van der Waals surface area contributed by atoms with Crippen LogP contribution in [0.15, 0.2) is 12.2 Å². The van der Waals surface area contributed by atoms with Crippen LogP contribution in [0.25, 0.3) is 0 Å². The third kappa shape index (κ3) is 6.89. The average molecular weight is 299 g/mol. The van der Waals surface area contributed by atoms with Crippen LogP contribution < -0.4 is 5.32 Å². The predicted octanol–water partition coefficient (Wildman–Crippen LogP) is 0.0686. The highest BCUT2D eigenvalue weighted by molar-refractivity contribution is 5.91. The summed E-state index contributed by atoms with van der Waals surface area (Å²) in [6.45, 7) is -0.455. The van der Waals surface area contributed by atoms with Gasteiger partial charge in [0.2, 0.25) is 0 Å². The number of methoxy groups -OCH3 is 1. The van der Waals surface area contributed by atoms with Gasteiger partial charge in [0.15, 0.2) is 6.10 Å². The first-order chi connectivity index (χ1) is 10.0. The number of rotatable bonds is 6. The number of aliphatic hydroxyl groups excluding tert-OH is 1. The Labute approximate surface area is 123 Å². The Balaban J connectivity index is 2.26. The van der Waals surface area contributed by atoms with E-state index in [0.717, 1.165) is 37.8 Å². The molecule has 1 atom stereocenters. The van der Waals surface area contributed by atoms with Crippen molar-refractivity contribution in [2.75, 3.05) is 13.7 Å². The lowest BCUT2D eigenvalue weighted by Crippen LogP contribution is -2.44. The quantitative estimate of drug-likeness (QED) is 0.531. The minimum atomic E-state index is -1.41. The minimum absolute atomic E-state index is 0.0795. The highest BCUT2D eigenvalue weighted by Crippen LogP contribution is 2.17. The Hall–Kier alpha value is -1.89. The van der Waals surface area contributed by atoms with Gasteiger partial charge in [0, 0.05) is 18.2 Å². The first-order valence-electron chi connectivity index (χ1n) is 6.94. The molecule has 7 heteroatoms. The number of hydrogen-bond acceptors (Lipinski definition) is 6. The van der Waals surface area contributed by atoms with Gasteiger partial charge >= 0.3 is 11.9 Å². The van der Waals surface area contributed by atoms with E-state index in [1.807, 2.05) is 0 Å². The fourth-order valence-corrected chi connectivity index (χ4v) is 2.03. The van der Waals surface area contributed by atoms with Gasteiger partial charge in [-0.2, -0.15) is 0 Å². The zero-order valence-electron chi connectivity index (χ0n) is 12.0. The summed E-state index contributed by atoms with van der Waals surface area (Å²) in [6.07, 6.45) is 5.46. The number of ether oxygens (including phenoxy) is 2. The fourth-order valence-electron chi connectivity index (χ4n) is 2.03. The van der Waals surface area contributed by atoms with E-state index in [4.69, 9.17) is 0 Å². The number of hydrogen-bond donors (Lipinski definition) is 2. The lowest BCUT2D eigenvalue weighted by Gasteiger charge is -2.23. The number of esters is 2. The van der Waals surface area contributed by atoms with E-state index in [9.17, 15) is 19.5 Å². The molecular weight excluding hydrogens is 278 g/mol. The van der Waals surface area contributed by atoms with Gasteiger partial charge in [-0.1, -0.05) is 19.3 Å². The van der Waals surface area contributed by atoms with Gasteiger partial charge < -0.3 is 19.9 Å². The van der Waals surface area contributed by atoms with Crippen molar-refractivity contribution < 1.29 is 29.0 Å². The summed E-state index contributed by atoms with van der Waals surface area (Å²) in [5, 5.41) is 12.3. The van der Waals surface area contributed by atoms with Crippen LogP contribution in [0.3, 0.4) is 0 Å². The van der Waals surface area contributed by atoms with Gasteiger partial charge in [-0.15, -0.1) is 0 Å². The van der Waals surface area contributed by atoms with E-state index >= 15 is 0 Å². The molecule has 0 heterocycles. The van der Waals surface area contributed by atoms with E-state index in [1.165, 1.54) is 13.5 Å². The second-order valence-electron chi connectivity index (χ2n) is 4.85. The van der Waals surface area contributed by atoms with E-state index in [1.54, 1.807) is 0 Å². The third-order valence-electron chi connectivity index (χ3n) is 3.19. The monoisotopic (exact) mass is 299 g/mol. The number of carbonyl (C=O) groups is 3. The molecule has 7 nitrogen and oxygen atoms in total. The predicted molar refractivity (Wildman–Crippen MR) is 73.1 cm³/mol. The molecule has 0 aliphatic heterocycles. The van der Waals surface area contributed by atoms with Crippen molar-refractivity contribution in [3.8, 4) is 0 Å². The maximum absolute atomic E-state index is 11.7. The SMILES string of the molecule is COC(=O)/C=C/C(=O)OCC(O)C(=O)NC1CCCCC1. The third-order valence-corrected chi connectivity index (χ3v) is 3.19. The summed E-state index contributed by atoms with van der Waals surface area (Å²) in [5.41, 5.74) is 0. The van der Waals surface area contributed by atoms with Crippen LogP contribution in [-0.4, -0.2) is 48.8 Å². The van der Waals surface area contributed by atoms with E-state index in [2.05, 4.69) is 14.8 Å². The number of nitrogens with one attached hydrogen (secondary N) is 1. The van der Waals surface area contributed by atoms with E-state index < -0.39 is 30.6 Å². The molecule has 1 amide bonds. The van der Waals surface area contributed by atoms with Crippen LogP contribution in [0.2, 0.25) is 0 Å². The van der Waals surface area contributed by atoms with E-state index in [0.29, 0.717) is 0 Å². The molecule has 0 saturated heterocycles. The lowest BCUT2D eigenvalue weighted by molar-refractivity contribution is -0.145. The van der Waals surface area contributed by atoms with Crippen LogP contribution in [-0.2, 0) is 23.9 Å². The Morgan fingerprint density at radius 3 is 2.43 bits per heavy atom. The van der Waals surface area contributed by atoms with Crippen molar-refractivity contribution in [2.45, 2.75) is 44.2 Å². The summed E-state index contributed by atoms with van der Waals surface area (Å²) in [5.74, 6) is -2.07. The molecule has 1 rings (SSSR count). The lowest BCUT2D eigenvalue weighted by atomic mass is 9.95. The summed E-state index contributed by atoms with van der Waals surface area (Å²) < 4.78 is 8.97. The normalized spacial score (nSPS) is 17.2. The Bertz CT molecular complexity index is 400. The molecule has 1 fully saturated rings. The molecule has 0 spiro atoms. The summed E-state index contributed by atoms with van der Waals surface area (Å²) >= 11 is 0. The summed E-state index contributed by atoms with van der Waals surface area (Å²) in [4.78, 5) is 33.7. The minimum Gasteiger partial charge on any atom is -0.466 e. The van der Waals surface area contributed by atoms with Crippen LogP contribution in [0, 0.1) is 0 Å². The largest absolute Gasteiger partial charge is 0.466 e. The summed E-state index contributed by atoms with van der Waals surface area (Å²) in [6, 6.07) is 0.0795. The maximum atomic E-state index is 11.7. The van der Waals surface area contributed by atoms with Gasteiger partial charge in [-0.05, 0) is 12.8 Å². The molecule has 2 N–H and O–H groups in total. The molecule has 0 aromatic carbocycles. The van der Waals surface area contributed by atoms with Crippen molar-refractivity contribution >= 4 is 17.8 Å². The average Bonchev–Trinajstić information content (AvgIpc) is 2.50. The molecule has 0 bridgehead atoms. The van der Waals surface area contributed by atoms with Crippen molar-refractivity contribution in [2.24, 2.45) is 0 Å². The van der Waals surface area contributed by atoms with Gasteiger partial charge in [-0.3, -0.25) is 4.79 Å². The molecule has 0 aromatic heterocycles. The maximum Gasteiger partial charge on any atom is 0.331 e. The molecule has 0 radical (unpaired) electrons. The van der Waals surface area contributed by atoms with Gasteiger partial charge in [0.05, 0.1) is 7.11 Å². The molecule has 1 unspecified atom stereocenters. The second-order valence-corrected chi connectivity index (χ2v) is 4.85. The molecule has 0 aromatic rings. The Morgan fingerprint density at radius 2 is 1.81 bits per heavy atom. The number of carbonyl (C=O) groups excluding carboxylic acids is 3. The molecule has 1 aliphatic carbocycles. The molecular formula is C14H21NO6. The second kappa shape index (κ2) is 9.12. The van der Waals surface area contributed by atoms with Crippen LogP contribution >= 0.6 is 0 Å². The van der Waals surface area contributed by atoms with Gasteiger partial charge in [0.1, 0.15) is 6.61 Å². The zero-order chi connectivity index (χ0) is 15.7. The van der Waals surface area contributed by atoms with Gasteiger partial charge in [-0.25, -0.2) is 9.59 Å². The fraction of sp³-hybridized carbons (Fsp3) is 0.643. The summed E-state index contributed by atoms with van der Waals surface area (Å²) in [7, 11) is 1.18. The number of aliphatic hydroxyl groups is 1. The van der Waals surface area contributed by atoms with Crippen LogP contribution in [0.4, 0.5) is 0 Å². The molecule has 1 saturated carbocycles. The highest BCUT2D eigenvalue weighted by atomic mass is 16.5. The Kier molecular flexibility index (Phi) is 7.45. The molecule has 118 valence electrons. The van der Waals surface area contributed by atoms with E-state index in [-0.39, 0.29) is 6.04 Å². The topological polar surface area (TPSA) is 102 Å². The van der Waals surface area contributed by atoms with Crippen molar-refractivity contribution in [1.29, 1.82) is 0 Å². The highest BCUT2D eigenvalue weighted by Gasteiger charge is 2.21. The van der Waals surface area contributed by atoms with Gasteiger partial charge in [0.25, 0.3) is 5.91 Å².